The minimum absolute atomic E-state index is 0.0216. The minimum atomic E-state index is -0.179. The van der Waals surface area contributed by atoms with Crippen molar-refractivity contribution in [2.24, 2.45) is 11.3 Å². The molecule has 1 aliphatic carbocycles. The molecule has 3 nitrogen and oxygen atoms in total. The summed E-state index contributed by atoms with van der Waals surface area (Å²) in [6.45, 7) is 13.5. The lowest BCUT2D eigenvalue weighted by molar-refractivity contribution is 0.0382. The number of aliphatic hydroxyl groups excluding tert-OH is 1. The second-order valence-electron chi connectivity index (χ2n) is 7.26. The van der Waals surface area contributed by atoms with Crippen LogP contribution in [0.25, 0.3) is 0 Å². The van der Waals surface area contributed by atoms with Crippen LogP contribution in [0.15, 0.2) is 0 Å². The standard InChI is InChI=1S/C15H30N2O/c1-15(2,3)14(18)6-7-16-8-10-17(11-9-16)12-13-4-5-13/h13-14,18H,4-12H2,1-3H3. The Kier molecular flexibility index (Phi) is 4.68. The van der Waals surface area contributed by atoms with Crippen LogP contribution >= 0.6 is 0 Å². The maximum absolute atomic E-state index is 10.1. The molecular formula is C15H30N2O. The molecule has 0 amide bonds. The monoisotopic (exact) mass is 254 g/mol. The molecule has 0 bridgehead atoms. The number of rotatable bonds is 5. The molecule has 1 atom stereocenters. The van der Waals surface area contributed by atoms with Crippen LogP contribution in [-0.4, -0.2) is 60.3 Å². The van der Waals surface area contributed by atoms with Crippen molar-refractivity contribution >= 4 is 0 Å². The van der Waals surface area contributed by atoms with Gasteiger partial charge in [0.25, 0.3) is 0 Å². The summed E-state index contributed by atoms with van der Waals surface area (Å²) in [6.07, 6.45) is 3.64. The van der Waals surface area contributed by atoms with E-state index in [-0.39, 0.29) is 11.5 Å². The Labute approximate surface area is 112 Å². The highest BCUT2D eigenvalue weighted by Crippen LogP contribution is 2.30. The average molecular weight is 254 g/mol. The summed E-state index contributed by atoms with van der Waals surface area (Å²) in [5.74, 6) is 1.01. The van der Waals surface area contributed by atoms with Crippen LogP contribution < -0.4 is 0 Å². The largest absolute Gasteiger partial charge is 0.393 e. The van der Waals surface area contributed by atoms with E-state index in [2.05, 4.69) is 30.6 Å². The Balaban J connectivity index is 1.61. The molecule has 1 N–H and O–H groups in total. The van der Waals surface area contributed by atoms with E-state index < -0.39 is 0 Å². The van der Waals surface area contributed by atoms with Gasteiger partial charge in [-0.3, -0.25) is 0 Å². The van der Waals surface area contributed by atoms with E-state index in [0.717, 1.165) is 18.9 Å². The van der Waals surface area contributed by atoms with E-state index >= 15 is 0 Å². The van der Waals surface area contributed by atoms with Gasteiger partial charge in [-0.25, -0.2) is 0 Å². The van der Waals surface area contributed by atoms with Gasteiger partial charge in [-0.1, -0.05) is 20.8 Å². The first-order valence-electron chi connectivity index (χ1n) is 7.58. The van der Waals surface area contributed by atoms with E-state index in [1.165, 1.54) is 45.6 Å². The summed E-state index contributed by atoms with van der Waals surface area (Å²) in [6, 6.07) is 0. The second-order valence-corrected chi connectivity index (χ2v) is 7.26. The average Bonchev–Trinajstić information content (AvgIpc) is 3.10. The van der Waals surface area contributed by atoms with Crippen molar-refractivity contribution in [1.82, 2.24) is 9.80 Å². The van der Waals surface area contributed by atoms with Crippen LogP contribution in [0.4, 0.5) is 0 Å². The highest BCUT2D eigenvalue weighted by Gasteiger charge is 2.27. The minimum Gasteiger partial charge on any atom is -0.393 e. The summed E-state index contributed by atoms with van der Waals surface area (Å²) >= 11 is 0. The number of hydrogen-bond donors (Lipinski definition) is 1. The molecule has 0 radical (unpaired) electrons. The summed E-state index contributed by atoms with van der Waals surface area (Å²) in [5.41, 5.74) is 0.0216. The zero-order valence-electron chi connectivity index (χ0n) is 12.4. The van der Waals surface area contributed by atoms with Crippen LogP contribution in [0.2, 0.25) is 0 Å². The molecule has 1 saturated carbocycles. The molecule has 1 heterocycles. The fourth-order valence-corrected chi connectivity index (χ4v) is 2.60. The van der Waals surface area contributed by atoms with Gasteiger partial charge in [0.15, 0.2) is 0 Å². The van der Waals surface area contributed by atoms with Gasteiger partial charge >= 0.3 is 0 Å². The topological polar surface area (TPSA) is 26.7 Å². The maximum atomic E-state index is 10.1. The van der Waals surface area contributed by atoms with Crippen LogP contribution in [0, 0.1) is 11.3 Å². The number of hydrogen-bond acceptors (Lipinski definition) is 3. The van der Waals surface area contributed by atoms with Crippen LogP contribution in [0.3, 0.4) is 0 Å². The molecule has 1 unspecified atom stereocenters. The van der Waals surface area contributed by atoms with Gasteiger partial charge in [0, 0.05) is 39.3 Å². The summed E-state index contributed by atoms with van der Waals surface area (Å²) < 4.78 is 0. The molecule has 0 aromatic rings. The van der Waals surface area contributed by atoms with Crippen LogP contribution in [-0.2, 0) is 0 Å². The summed E-state index contributed by atoms with van der Waals surface area (Å²) in [7, 11) is 0. The van der Waals surface area contributed by atoms with Gasteiger partial charge in [0.05, 0.1) is 6.10 Å². The molecule has 1 aliphatic heterocycles. The zero-order valence-corrected chi connectivity index (χ0v) is 12.4. The Morgan fingerprint density at radius 3 is 2.11 bits per heavy atom. The lowest BCUT2D eigenvalue weighted by Gasteiger charge is -2.36. The van der Waals surface area contributed by atoms with E-state index in [1.807, 2.05) is 0 Å². The fraction of sp³-hybridized carbons (Fsp3) is 1.00. The first kappa shape index (κ1) is 14.3. The van der Waals surface area contributed by atoms with Crippen LogP contribution in [0.5, 0.6) is 0 Å². The first-order valence-corrected chi connectivity index (χ1v) is 7.58. The molecular weight excluding hydrogens is 224 g/mol. The predicted molar refractivity (Wildman–Crippen MR) is 75.7 cm³/mol. The first-order chi connectivity index (χ1) is 8.45. The Morgan fingerprint density at radius 2 is 1.61 bits per heavy atom. The van der Waals surface area contributed by atoms with E-state index in [0.29, 0.717) is 0 Å². The summed E-state index contributed by atoms with van der Waals surface area (Å²) in [5, 5.41) is 10.1. The predicted octanol–water partition coefficient (Wildman–Crippen LogP) is 1.81. The number of piperazine rings is 1. The normalized spacial score (nSPS) is 25.3. The van der Waals surface area contributed by atoms with Crippen LogP contribution in [0.1, 0.15) is 40.0 Å². The highest BCUT2D eigenvalue weighted by atomic mass is 16.3. The Bertz CT molecular complexity index is 250. The van der Waals surface area contributed by atoms with E-state index in [9.17, 15) is 5.11 Å². The molecule has 18 heavy (non-hydrogen) atoms. The zero-order chi connectivity index (χ0) is 13.2. The SMILES string of the molecule is CC(C)(C)C(O)CCN1CCN(CC2CC2)CC1. The molecule has 3 heteroatoms. The molecule has 1 saturated heterocycles. The lowest BCUT2D eigenvalue weighted by Crippen LogP contribution is -2.47. The maximum Gasteiger partial charge on any atom is 0.0600 e. The summed E-state index contributed by atoms with van der Waals surface area (Å²) in [4.78, 5) is 5.13. The third-order valence-electron chi connectivity index (χ3n) is 4.40. The van der Waals surface area contributed by atoms with E-state index in [4.69, 9.17) is 0 Å². The highest BCUT2D eigenvalue weighted by molar-refractivity contribution is 4.81. The van der Waals surface area contributed by atoms with Gasteiger partial charge in [-0.2, -0.15) is 0 Å². The van der Waals surface area contributed by atoms with Gasteiger partial charge in [0.2, 0.25) is 0 Å². The Morgan fingerprint density at radius 1 is 1.06 bits per heavy atom. The molecule has 2 rings (SSSR count). The van der Waals surface area contributed by atoms with E-state index in [1.54, 1.807) is 0 Å². The van der Waals surface area contributed by atoms with Gasteiger partial charge < -0.3 is 14.9 Å². The van der Waals surface area contributed by atoms with Crippen molar-refractivity contribution in [2.45, 2.75) is 46.1 Å². The number of nitrogens with zero attached hydrogens (tertiary/aromatic N) is 2. The third kappa shape index (κ3) is 4.52. The number of aliphatic hydroxyl groups is 1. The molecule has 0 spiro atoms. The van der Waals surface area contributed by atoms with Crippen molar-refractivity contribution in [3.63, 3.8) is 0 Å². The van der Waals surface area contributed by atoms with Crippen molar-refractivity contribution < 1.29 is 5.11 Å². The van der Waals surface area contributed by atoms with Gasteiger partial charge in [0.1, 0.15) is 0 Å². The third-order valence-corrected chi connectivity index (χ3v) is 4.40. The van der Waals surface area contributed by atoms with Crippen molar-refractivity contribution in [2.75, 3.05) is 39.3 Å². The quantitative estimate of drug-likeness (QED) is 0.810. The van der Waals surface area contributed by atoms with Gasteiger partial charge in [-0.05, 0) is 30.6 Å². The Hall–Kier alpha value is -0.120. The molecule has 2 fully saturated rings. The molecule has 0 aromatic heterocycles. The molecule has 0 aromatic carbocycles. The smallest absolute Gasteiger partial charge is 0.0600 e. The van der Waals surface area contributed by atoms with Crippen molar-refractivity contribution in [3.8, 4) is 0 Å². The molecule has 2 aliphatic rings. The second kappa shape index (κ2) is 5.89. The fourth-order valence-electron chi connectivity index (χ4n) is 2.60. The lowest BCUT2D eigenvalue weighted by atomic mass is 9.87. The van der Waals surface area contributed by atoms with Crippen molar-refractivity contribution in [3.05, 3.63) is 0 Å². The molecule has 106 valence electrons. The van der Waals surface area contributed by atoms with Gasteiger partial charge in [-0.15, -0.1) is 0 Å². The van der Waals surface area contributed by atoms with Crippen molar-refractivity contribution in [1.29, 1.82) is 0 Å².